The van der Waals surface area contributed by atoms with Crippen molar-refractivity contribution in [1.29, 1.82) is 0 Å². The molecule has 0 aliphatic carbocycles. The third-order valence-electron chi connectivity index (χ3n) is 5.10. The van der Waals surface area contributed by atoms with Crippen LogP contribution in [-0.4, -0.2) is 75.4 Å². The highest BCUT2D eigenvalue weighted by Gasteiger charge is 2.33. The minimum absolute atomic E-state index is 0.0290. The lowest BCUT2D eigenvalue weighted by Crippen LogP contribution is -2.37. The van der Waals surface area contributed by atoms with Crippen LogP contribution in [0.5, 0.6) is 11.5 Å². The van der Waals surface area contributed by atoms with E-state index >= 15 is 0 Å². The molecule has 0 bridgehead atoms. The summed E-state index contributed by atoms with van der Waals surface area (Å²) in [5.74, 6) is 1.32. The molecule has 1 aliphatic heterocycles. The van der Waals surface area contributed by atoms with Crippen molar-refractivity contribution in [3.05, 3.63) is 30.2 Å². The SMILES string of the molecule is COc1ccc(S(=O)(=O)N2CCCN(S(=O)(=O)c3cn(C)c(C)n3)CC2)cc1OC. The molecular formula is C18H26N4O6S2. The predicted octanol–water partition coefficient (Wildman–Crippen LogP) is 0.831. The van der Waals surface area contributed by atoms with Gasteiger partial charge in [0, 0.05) is 45.5 Å². The van der Waals surface area contributed by atoms with Gasteiger partial charge in [0.15, 0.2) is 16.5 Å². The molecule has 166 valence electrons. The van der Waals surface area contributed by atoms with Gasteiger partial charge in [0.25, 0.3) is 10.0 Å². The lowest BCUT2D eigenvalue weighted by molar-refractivity contribution is 0.353. The molecule has 1 fully saturated rings. The zero-order chi connectivity index (χ0) is 22.1. The molecule has 0 unspecified atom stereocenters. The molecule has 0 radical (unpaired) electrons. The minimum Gasteiger partial charge on any atom is -0.493 e. The maximum atomic E-state index is 13.1. The van der Waals surface area contributed by atoms with Crippen molar-refractivity contribution < 1.29 is 26.3 Å². The fourth-order valence-corrected chi connectivity index (χ4v) is 6.24. The normalized spacial score (nSPS) is 16.9. The average molecular weight is 459 g/mol. The minimum atomic E-state index is -3.82. The number of ether oxygens (including phenoxy) is 2. The van der Waals surface area contributed by atoms with Crippen LogP contribution in [0.15, 0.2) is 34.3 Å². The quantitative estimate of drug-likeness (QED) is 0.630. The van der Waals surface area contributed by atoms with Gasteiger partial charge in [-0.3, -0.25) is 0 Å². The standard InChI is InChI=1S/C18H26N4O6S2/c1-14-19-18(13-20(14)2)30(25,26)22-9-5-8-21(10-11-22)29(23,24)15-6-7-16(27-3)17(12-15)28-4/h6-7,12-13H,5,8-11H2,1-4H3. The monoisotopic (exact) mass is 458 g/mol. The van der Waals surface area contributed by atoms with Gasteiger partial charge < -0.3 is 14.0 Å². The molecule has 2 aromatic rings. The van der Waals surface area contributed by atoms with Crippen molar-refractivity contribution in [3.63, 3.8) is 0 Å². The third kappa shape index (κ3) is 4.17. The van der Waals surface area contributed by atoms with E-state index in [1.165, 1.54) is 47.2 Å². The second-order valence-corrected chi connectivity index (χ2v) is 10.7. The van der Waals surface area contributed by atoms with Crippen molar-refractivity contribution in [3.8, 4) is 11.5 Å². The first kappa shape index (κ1) is 22.5. The van der Waals surface area contributed by atoms with Gasteiger partial charge in [-0.1, -0.05) is 0 Å². The molecule has 30 heavy (non-hydrogen) atoms. The van der Waals surface area contributed by atoms with Crippen molar-refractivity contribution in [2.24, 2.45) is 7.05 Å². The molecule has 0 spiro atoms. The Morgan fingerprint density at radius 3 is 2.03 bits per heavy atom. The molecule has 1 aromatic heterocycles. The van der Waals surface area contributed by atoms with Crippen LogP contribution < -0.4 is 9.47 Å². The molecule has 1 aromatic carbocycles. The van der Waals surface area contributed by atoms with E-state index in [2.05, 4.69) is 4.98 Å². The van der Waals surface area contributed by atoms with Crippen molar-refractivity contribution in [1.82, 2.24) is 18.2 Å². The number of methoxy groups -OCH3 is 2. The molecule has 1 aliphatic rings. The van der Waals surface area contributed by atoms with Gasteiger partial charge in [-0.15, -0.1) is 0 Å². The van der Waals surface area contributed by atoms with E-state index in [9.17, 15) is 16.8 Å². The fraction of sp³-hybridized carbons (Fsp3) is 0.500. The summed E-state index contributed by atoms with van der Waals surface area (Å²) in [5.41, 5.74) is 0. The Kier molecular flexibility index (Phi) is 6.41. The maximum Gasteiger partial charge on any atom is 0.262 e. The number of nitrogens with zero attached hydrogens (tertiary/aromatic N) is 4. The van der Waals surface area contributed by atoms with Crippen molar-refractivity contribution >= 4 is 20.0 Å². The van der Waals surface area contributed by atoms with E-state index < -0.39 is 20.0 Å². The highest BCUT2D eigenvalue weighted by Crippen LogP contribution is 2.31. The summed E-state index contributed by atoms with van der Waals surface area (Å²) in [4.78, 5) is 4.18. The van der Waals surface area contributed by atoms with Crippen LogP contribution in [-0.2, 0) is 27.1 Å². The Hall–Kier alpha value is -2.15. The number of aryl methyl sites for hydroxylation is 2. The number of hydrogen-bond acceptors (Lipinski definition) is 7. The van der Waals surface area contributed by atoms with Gasteiger partial charge in [0.1, 0.15) is 5.82 Å². The van der Waals surface area contributed by atoms with Crippen LogP contribution in [0.1, 0.15) is 12.2 Å². The molecule has 1 saturated heterocycles. The number of aromatic nitrogens is 2. The highest BCUT2D eigenvalue weighted by molar-refractivity contribution is 7.89. The first-order chi connectivity index (χ1) is 14.1. The van der Waals surface area contributed by atoms with Crippen LogP contribution in [0.2, 0.25) is 0 Å². The average Bonchev–Trinajstić information content (AvgIpc) is 2.92. The molecular weight excluding hydrogens is 432 g/mol. The summed E-state index contributed by atoms with van der Waals surface area (Å²) in [7, 11) is -2.99. The first-order valence-corrected chi connectivity index (χ1v) is 12.2. The summed E-state index contributed by atoms with van der Waals surface area (Å²) in [5, 5.41) is -0.0290. The Bertz CT molecular complexity index is 1110. The van der Waals surface area contributed by atoms with E-state index in [4.69, 9.17) is 9.47 Å². The van der Waals surface area contributed by atoms with E-state index in [1.54, 1.807) is 18.5 Å². The molecule has 12 heteroatoms. The van der Waals surface area contributed by atoms with Gasteiger partial charge in [-0.05, 0) is 25.5 Å². The molecule has 2 heterocycles. The summed E-state index contributed by atoms with van der Waals surface area (Å²) < 4.78 is 66.7. The van der Waals surface area contributed by atoms with E-state index in [1.807, 2.05) is 0 Å². The van der Waals surface area contributed by atoms with E-state index in [0.717, 1.165) is 0 Å². The highest BCUT2D eigenvalue weighted by atomic mass is 32.2. The van der Waals surface area contributed by atoms with Crippen LogP contribution >= 0.6 is 0 Å². The summed E-state index contributed by atoms with van der Waals surface area (Å²) >= 11 is 0. The Balaban J connectivity index is 1.82. The third-order valence-corrected chi connectivity index (χ3v) is 8.76. The van der Waals surface area contributed by atoms with Gasteiger partial charge >= 0.3 is 0 Å². The number of sulfonamides is 2. The lowest BCUT2D eigenvalue weighted by Gasteiger charge is -2.21. The van der Waals surface area contributed by atoms with E-state index in [-0.39, 0.29) is 36.1 Å². The zero-order valence-corrected chi connectivity index (χ0v) is 19.0. The van der Waals surface area contributed by atoms with E-state index in [0.29, 0.717) is 23.7 Å². The number of rotatable bonds is 6. The molecule has 3 rings (SSSR count). The zero-order valence-electron chi connectivity index (χ0n) is 17.4. The maximum absolute atomic E-state index is 13.1. The van der Waals surface area contributed by atoms with Crippen LogP contribution in [0.25, 0.3) is 0 Å². The Morgan fingerprint density at radius 1 is 0.900 bits per heavy atom. The summed E-state index contributed by atoms with van der Waals surface area (Å²) in [6.07, 6.45) is 1.84. The lowest BCUT2D eigenvalue weighted by atomic mass is 10.3. The smallest absolute Gasteiger partial charge is 0.262 e. The number of hydrogen-bond donors (Lipinski definition) is 0. The number of benzene rings is 1. The largest absolute Gasteiger partial charge is 0.493 e. The Labute approximate surface area is 177 Å². The first-order valence-electron chi connectivity index (χ1n) is 9.33. The molecule has 0 amide bonds. The van der Waals surface area contributed by atoms with Gasteiger partial charge in [0.2, 0.25) is 10.0 Å². The Morgan fingerprint density at radius 2 is 1.50 bits per heavy atom. The van der Waals surface area contributed by atoms with Crippen LogP contribution in [0.3, 0.4) is 0 Å². The molecule has 0 N–H and O–H groups in total. The van der Waals surface area contributed by atoms with Gasteiger partial charge in [0.05, 0.1) is 19.1 Å². The van der Waals surface area contributed by atoms with Crippen molar-refractivity contribution in [2.45, 2.75) is 23.3 Å². The predicted molar refractivity (Wildman–Crippen MR) is 110 cm³/mol. The fourth-order valence-electron chi connectivity index (χ4n) is 3.26. The summed E-state index contributed by atoms with van der Waals surface area (Å²) in [6, 6.07) is 4.39. The topological polar surface area (TPSA) is 111 Å². The second kappa shape index (κ2) is 8.53. The van der Waals surface area contributed by atoms with Crippen LogP contribution in [0.4, 0.5) is 0 Å². The van der Waals surface area contributed by atoms with Crippen molar-refractivity contribution in [2.75, 3.05) is 40.4 Å². The van der Waals surface area contributed by atoms with Gasteiger partial charge in [-0.25, -0.2) is 21.8 Å². The molecule has 10 nitrogen and oxygen atoms in total. The second-order valence-electron chi connectivity index (χ2n) is 6.92. The summed E-state index contributed by atoms with van der Waals surface area (Å²) in [6.45, 7) is 2.24. The van der Waals surface area contributed by atoms with Gasteiger partial charge in [-0.2, -0.15) is 8.61 Å². The van der Waals surface area contributed by atoms with Crippen LogP contribution in [0, 0.1) is 6.92 Å². The number of imidazole rings is 1. The molecule has 0 saturated carbocycles. The molecule has 0 atom stereocenters.